The number of hydrogen-bond donors (Lipinski definition) is 4. The lowest BCUT2D eigenvalue weighted by Gasteiger charge is -2.27. The number of hydrogen-bond acceptors (Lipinski definition) is 6. The number of aromatic nitrogens is 4. The molecule has 1 aliphatic rings. The minimum atomic E-state index is 0.0183. The highest BCUT2D eigenvalue weighted by Crippen LogP contribution is 2.41. The lowest BCUT2D eigenvalue weighted by atomic mass is 9.99. The normalized spacial score (nSPS) is 15.9. The summed E-state index contributed by atoms with van der Waals surface area (Å²) < 4.78 is 0. The SMILES string of the molecule is CC(C)(Nc1nc(NN)nc2[nH]ncc12)C1CC1. The van der Waals surface area contributed by atoms with Crippen molar-refractivity contribution in [3.8, 4) is 0 Å². The maximum atomic E-state index is 5.38. The molecule has 1 fully saturated rings. The van der Waals surface area contributed by atoms with Crippen LogP contribution < -0.4 is 16.6 Å². The molecule has 0 spiro atoms. The fraction of sp³-hybridized carbons (Fsp3) is 0.545. The topological polar surface area (TPSA) is 105 Å². The Morgan fingerprint density at radius 2 is 2.17 bits per heavy atom. The summed E-state index contributed by atoms with van der Waals surface area (Å²) in [6.45, 7) is 4.38. The molecule has 2 aromatic heterocycles. The molecule has 5 N–H and O–H groups in total. The number of anilines is 2. The van der Waals surface area contributed by atoms with Gasteiger partial charge in [0.05, 0.1) is 11.6 Å². The van der Waals surface area contributed by atoms with Gasteiger partial charge in [0.25, 0.3) is 0 Å². The standard InChI is InChI=1S/C11H17N7/c1-11(2,6-3-4-6)16-8-7-5-13-18-9(7)15-10(14-8)17-12/h5-6H,3-4,12H2,1-2H3,(H3,13,14,15,16,17,18). The molecule has 0 atom stereocenters. The van der Waals surface area contributed by atoms with E-state index < -0.39 is 0 Å². The summed E-state index contributed by atoms with van der Waals surface area (Å²) in [4.78, 5) is 8.57. The van der Waals surface area contributed by atoms with Gasteiger partial charge in [-0.3, -0.25) is 10.5 Å². The number of nitrogens with one attached hydrogen (secondary N) is 3. The molecule has 3 rings (SSSR count). The zero-order chi connectivity index (χ0) is 12.8. The Labute approximate surface area is 105 Å². The number of nitrogens with two attached hydrogens (primary N) is 1. The van der Waals surface area contributed by atoms with Crippen molar-refractivity contribution < 1.29 is 0 Å². The number of rotatable bonds is 4. The first-order valence-electron chi connectivity index (χ1n) is 6.06. The third-order valence-electron chi connectivity index (χ3n) is 3.48. The van der Waals surface area contributed by atoms with E-state index in [0.29, 0.717) is 17.5 Å². The van der Waals surface area contributed by atoms with Crippen molar-refractivity contribution in [2.45, 2.75) is 32.2 Å². The highest BCUT2D eigenvalue weighted by Gasteiger charge is 2.38. The first kappa shape index (κ1) is 11.2. The van der Waals surface area contributed by atoms with E-state index in [9.17, 15) is 0 Å². The van der Waals surface area contributed by atoms with Crippen molar-refractivity contribution in [3.63, 3.8) is 0 Å². The zero-order valence-corrected chi connectivity index (χ0v) is 10.5. The van der Waals surface area contributed by atoms with Gasteiger partial charge in [0.2, 0.25) is 5.95 Å². The van der Waals surface area contributed by atoms with Gasteiger partial charge < -0.3 is 5.32 Å². The summed E-state index contributed by atoms with van der Waals surface area (Å²) in [5, 5.41) is 11.2. The Kier molecular flexibility index (Phi) is 2.37. The van der Waals surface area contributed by atoms with Crippen molar-refractivity contribution >= 4 is 22.8 Å². The zero-order valence-electron chi connectivity index (χ0n) is 10.5. The van der Waals surface area contributed by atoms with E-state index in [4.69, 9.17) is 5.84 Å². The van der Waals surface area contributed by atoms with Gasteiger partial charge in [-0.15, -0.1) is 0 Å². The summed E-state index contributed by atoms with van der Waals surface area (Å²) in [6, 6.07) is 0. The predicted molar refractivity (Wildman–Crippen MR) is 69.9 cm³/mol. The van der Waals surface area contributed by atoms with Crippen molar-refractivity contribution in [3.05, 3.63) is 6.20 Å². The van der Waals surface area contributed by atoms with E-state index in [1.54, 1.807) is 6.20 Å². The van der Waals surface area contributed by atoms with Crippen LogP contribution in [0.15, 0.2) is 6.20 Å². The molecular formula is C11H17N7. The molecule has 1 saturated carbocycles. The van der Waals surface area contributed by atoms with E-state index in [1.165, 1.54) is 12.8 Å². The average molecular weight is 247 g/mol. The third kappa shape index (κ3) is 1.86. The molecule has 2 aromatic rings. The summed E-state index contributed by atoms with van der Waals surface area (Å²) in [6.07, 6.45) is 4.25. The van der Waals surface area contributed by atoms with E-state index >= 15 is 0 Å². The van der Waals surface area contributed by atoms with Crippen LogP contribution in [-0.4, -0.2) is 25.7 Å². The maximum absolute atomic E-state index is 5.38. The fourth-order valence-corrected chi connectivity index (χ4v) is 2.21. The molecule has 7 nitrogen and oxygen atoms in total. The number of nitrogen functional groups attached to an aromatic ring is 1. The first-order valence-corrected chi connectivity index (χ1v) is 6.06. The third-order valence-corrected chi connectivity index (χ3v) is 3.48. The number of aromatic amines is 1. The first-order chi connectivity index (χ1) is 8.60. The Balaban J connectivity index is 2.01. The molecule has 2 heterocycles. The minimum Gasteiger partial charge on any atom is -0.364 e. The Bertz CT molecular complexity index is 570. The second-order valence-electron chi connectivity index (χ2n) is 5.29. The van der Waals surface area contributed by atoms with Crippen molar-refractivity contribution in [2.24, 2.45) is 11.8 Å². The van der Waals surface area contributed by atoms with Gasteiger partial charge >= 0.3 is 0 Å². The number of nitrogens with zero attached hydrogens (tertiary/aromatic N) is 3. The Morgan fingerprint density at radius 3 is 2.83 bits per heavy atom. The van der Waals surface area contributed by atoms with Crippen molar-refractivity contribution in [1.82, 2.24) is 20.2 Å². The molecule has 0 radical (unpaired) electrons. The van der Waals surface area contributed by atoms with Crippen LogP contribution in [-0.2, 0) is 0 Å². The second kappa shape index (κ2) is 3.81. The molecule has 1 aliphatic carbocycles. The van der Waals surface area contributed by atoms with Gasteiger partial charge in [-0.05, 0) is 32.6 Å². The Hall–Kier alpha value is -1.89. The van der Waals surface area contributed by atoms with Gasteiger partial charge in [-0.2, -0.15) is 15.1 Å². The van der Waals surface area contributed by atoms with Gasteiger partial charge in [0, 0.05) is 5.54 Å². The van der Waals surface area contributed by atoms with E-state index in [2.05, 4.69) is 44.8 Å². The van der Waals surface area contributed by atoms with E-state index in [-0.39, 0.29) is 5.54 Å². The van der Waals surface area contributed by atoms with Crippen LogP contribution in [0.25, 0.3) is 11.0 Å². The highest BCUT2D eigenvalue weighted by molar-refractivity contribution is 5.87. The monoisotopic (exact) mass is 247 g/mol. The molecule has 0 saturated heterocycles. The smallest absolute Gasteiger partial charge is 0.241 e. The van der Waals surface area contributed by atoms with Crippen LogP contribution in [0.5, 0.6) is 0 Å². The summed E-state index contributed by atoms with van der Waals surface area (Å²) in [5.41, 5.74) is 3.16. The van der Waals surface area contributed by atoms with Crippen molar-refractivity contribution in [1.29, 1.82) is 0 Å². The van der Waals surface area contributed by atoms with Crippen LogP contribution in [0.3, 0.4) is 0 Å². The lowest BCUT2D eigenvalue weighted by Crippen LogP contribution is -2.34. The molecular weight excluding hydrogens is 230 g/mol. The van der Waals surface area contributed by atoms with E-state index in [0.717, 1.165) is 11.2 Å². The average Bonchev–Trinajstić information content (AvgIpc) is 3.09. The van der Waals surface area contributed by atoms with Crippen LogP contribution in [0.1, 0.15) is 26.7 Å². The van der Waals surface area contributed by atoms with Crippen LogP contribution in [0, 0.1) is 5.92 Å². The highest BCUT2D eigenvalue weighted by atomic mass is 15.3. The molecule has 0 unspecified atom stereocenters. The number of hydrazine groups is 1. The predicted octanol–water partition coefficient (Wildman–Crippen LogP) is 1.24. The van der Waals surface area contributed by atoms with Crippen LogP contribution in [0.4, 0.5) is 11.8 Å². The van der Waals surface area contributed by atoms with E-state index in [1.807, 2.05) is 0 Å². The summed E-state index contributed by atoms with van der Waals surface area (Å²) >= 11 is 0. The Morgan fingerprint density at radius 1 is 1.39 bits per heavy atom. The molecule has 0 amide bonds. The van der Waals surface area contributed by atoms with Gasteiger partial charge in [-0.25, -0.2) is 5.84 Å². The molecule has 0 bridgehead atoms. The quantitative estimate of drug-likeness (QED) is 0.478. The van der Waals surface area contributed by atoms with Gasteiger partial charge in [0.1, 0.15) is 5.82 Å². The lowest BCUT2D eigenvalue weighted by molar-refractivity contribution is 0.493. The van der Waals surface area contributed by atoms with Crippen LogP contribution >= 0.6 is 0 Å². The summed E-state index contributed by atoms with van der Waals surface area (Å²) in [7, 11) is 0. The van der Waals surface area contributed by atoms with Crippen LogP contribution in [0.2, 0.25) is 0 Å². The molecule has 0 aliphatic heterocycles. The molecule has 7 heteroatoms. The van der Waals surface area contributed by atoms with Gasteiger partial charge in [-0.1, -0.05) is 0 Å². The second-order valence-corrected chi connectivity index (χ2v) is 5.29. The molecule has 0 aromatic carbocycles. The molecule has 96 valence electrons. The fourth-order valence-electron chi connectivity index (χ4n) is 2.21. The minimum absolute atomic E-state index is 0.0183. The number of fused-ring (bicyclic) bond motifs is 1. The van der Waals surface area contributed by atoms with Gasteiger partial charge in [0.15, 0.2) is 5.65 Å². The maximum Gasteiger partial charge on any atom is 0.241 e. The summed E-state index contributed by atoms with van der Waals surface area (Å²) in [5.74, 6) is 7.21. The number of H-pyrrole nitrogens is 1. The largest absolute Gasteiger partial charge is 0.364 e. The molecule has 18 heavy (non-hydrogen) atoms. The van der Waals surface area contributed by atoms with Crippen molar-refractivity contribution in [2.75, 3.05) is 10.7 Å².